The summed E-state index contributed by atoms with van der Waals surface area (Å²) in [6.45, 7) is 2.17. The first-order valence-electron chi connectivity index (χ1n) is 4.03. The van der Waals surface area contributed by atoms with Gasteiger partial charge in [-0.3, -0.25) is 0 Å². The van der Waals surface area contributed by atoms with Gasteiger partial charge in [-0.1, -0.05) is 6.92 Å². The van der Waals surface area contributed by atoms with Crippen LogP contribution >= 0.6 is 0 Å². The van der Waals surface area contributed by atoms with E-state index in [0.29, 0.717) is 13.0 Å². The summed E-state index contributed by atoms with van der Waals surface area (Å²) in [7, 11) is 0. The molecule has 13 heavy (non-hydrogen) atoms. The molecule has 0 saturated carbocycles. The van der Waals surface area contributed by atoms with Crippen LogP contribution in [0.1, 0.15) is 23.7 Å². The molecule has 0 aromatic carbocycles. The van der Waals surface area contributed by atoms with Gasteiger partial charge in [0.05, 0.1) is 6.61 Å². The lowest BCUT2D eigenvalue weighted by molar-refractivity contribution is 0.0498. The lowest BCUT2D eigenvalue weighted by atomic mass is 10.3. The lowest BCUT2D eigenvalue weighted by Crippen LogP contribution is -2.08. The molecule has 0 unspecified atom stereocenters. The molecular weight excluding hydrogens is 173 g/mol. The van der Waals surface area contributed by atoms with Crippen LogP contribution in [0.4, 0.5) is 4.39 Å². The summed E-state index contributed by atoms with van der Waals surface area (Å²) in [5.41, 5.74) is -0.115. The fourth-order valence-electron chi connectivity index (χ4n) is 0.811. The Bertz CT molecular complexity index is 301. The number of nitrogens with zero attached hydrogens (tertiary/aromatic N) is 1. The summed E-state index contributed by atoms with van der Waals surface area (Å²) < 4.78 is 17.6. The van der Waals surface area contributed by atoms with Gasteiger partial charge in [-0.25, -0.2) is 9.78 Å². The van der Waals surface area contributed by atoms with Gasteiger partial charge in [0.25, 0.3) is 0 Å². The number of ether oxygens (including phenoxy) is 1. The number of hydrogen-bond donors (Lipinski definition) is 0. The van der Waals surface area contributed by atoms with Crippen molar-refractivity contribution in [2.75, 3.05) is 6.61 Å². The second kappa shape index (κ2) is 4.54. The summed E-state index contributed by atoms with van der Waals surface area (Å²) in [6, 6.07) is 2.84. The molecule has 0 aliphatic heterocycles. The van der Waals surface area contributed by atoms with Crippen LogP contribution in [0.15, 0.2) is 18.3 Å². The number of carbonyl (C=O) groups excluding carboxylic acids is 1. The van der Waals surface area contributed by atoms with E-state index in [-0.39, 0.29) is 5.56 Å². The van der Waals surface area contributed by atoms with Crippen LogP contribution in [-0.2, 0) is 4.74 Å². The monoisotopic (exact) mass is 183 g/mol. The highest BCUT2D eigenvalue weighted by Crippen LogP contribution is 2.04. The van der Waals surface area contributed by atoms with Crippen LogP contribution in [0.2, 0.25) is 0 Å². The van der Waals surface area contributed by atoms with Crippen molar-refractivity contribution in [3.63, 3.8) is 0 Å². The van der Waals surface area contributed by atoms with Crippen molar-refractivity contribution >= 4 is 5.97 Å². The molecule has 1 heterocycles. The zero-order chi connectivity index (χ0) is 9.68. The highest BCUT2D eigenvalue weighted by Gasteiger charge is 2.12. The van der Waals surface area contributed by atoms with Gasteiger partial charge in [0.2, 0.25) is 5.95 Å². The smallest absolute Gasteiger partial charge is 0.342 e. The molecule has 0 N–H and O–H groups in total. The zero-order valence-electron chi connectivity index (χ0n) is 7.29. The highest BCUT2D eigenvalue weighted by molar-refractivity contribution is 5.89. The lowest BCUT2D eigenvalue weighted by Gasteiger charge is -2.02. The number of aromatic nitrogens is 1. The quantitative estimate of drug-likeness (QED) is 0.529. The Hall–Kier alpha value is -1.45. The van der Waals surface area contributed by atoms with E-state index < -0.39 is 11.9 Å². The van der Waals surface area contributed by atoms with Crippen molar-refractivity contribution in [3.8, 4) is 0 Å². The number of halogens is 1. The average Bonchev–Trinajstić information content (AvgIpc) is 2.15. The molecule has 4 heteroatoms. The molecule has 0 bridgehead atoms. The third-order valence-corrected chi connectivity index (χ3v) is 1.42. The Morgan fingerprint density at radius 3 is 3.08 bits per heavy atom. The second-order valence-corrected chi connectivity index (χ2v) is 2.48. The van der Waals surface area contributed by atoms with Crippen molar-refractivity contribution in [1.82, 2.24) is 4.98 Å². The minimum atomic E-state index is -0.788. The Kier molecular flexibility index (Phi) is 3.37. The molecule has 0 spiro atoms. The molecule has 1 aromatic heterocycles. The average molecular weight is 183 g/mol. The normalized spacial score (nSPS) is 9.69. The van der Waals surface area contributed by atoms with E-state index in [1.807, 2.05) is 6.92 Å². The molecule has 0 saturated heterocycles. The minimum Gasteiger partial charge on any atom is -0.462 e. The second-order valence-electron chi connectivity index (χ2n) is 2.48. The number of carbonyl (C=O) groups is 1. The summed E-state index contributed by atoms with van der Waals surface area (Å²) in [5, 5.41) is 0. The van der Waals surface area contributed by atoms with E-state index in [9.17, 15) is 9.18 Å². The van der Waals surface area contributed by atoms with E-state index in [1.54, 1.807) is 0 Å². The molecule has 0 fully saturated rings. The van der Waals surface area contributed by atoms with Gasteiger partial charge in [0, 0.05) is 6.20 Å². The number of hydrogen-bond acceptors (Lipinski definition) is 3. The first-order chi connectivity index (χ1) is 6.25. The van der Waals surface area contributed by atoms with Gasteiger partial charge >= 0.3 is 5.97 Å². The van der Waals surface area contributed by atoms with Crippen LogP contribution in [0, 0.1) is 5.95 Å². The Balaban J connectivity index is 2.71. The van der Waals surface area contributed by atoms with E-state index in [4.69, 9.17) is 4.74 Å². The third-order valence-electron chi connectivity index (χ3n) is 1.42. The van der Waals surface area contributed by atoms with Crippen LogP contribution in [0.5, 0.6) is 0 Å². The van der Waals surface area contributed by atoms with Crippen molar-refractivity contribution in [2.45, 2.75) is 13.3 Å². The van der Waals surface area contributed by atoms with Gasteiger partial charge in [0.1, 0.15) is 5.56 Å². The Morgan fingerprint density at radius 1 is 1.69 bits per heavy atom. The van der Waals surface area contributed by atoms with E-state index in [2.05, 4.69) is 4.98 Å². The molecule has 0 atom stereocenters. The number of pyridine rings is 1. The van der Waals surface area contributed by atoms with E-state index >= 15 is 0 Å². The molecular formula is C9H10FNO2. The largest absolute Gasteiger partial charge is 0.462 e. The van der Waals surface area contributed by atoms with Gasteiger partial charge in [-0.2, -0.15) is 4.39 Å². The maximum Gasteiger partial charge on any atom is 0.342 e. The number of esters is 1. The summed E-state index contributed by atoms with van der Waals surface area (Å²) >= 11 is 0. The van der Waals surface area contributed by atoms with Crippen molar-refractivity contribution in [2.24, 2.45) is 0 Å². The highest BCUT2D eigenvalue weighted by atomic mass is 19.1. The standard InChI is InChI=1S/C9H10FNO2/c1-2-6-13-9(12)7-4-3-5-11-8(7)10/h3-5H,2,6H2,1H3. The topological polar surface area (TPSA) is 39.2 Å². The van der Waals surface area contributed by atoms with Gasteiger partial charge in [0.15, 0.2) is 0 Å². The molecule has 70 valence electrons. The predicted molar refractivity (Wildman–Crippen MR) is 44.8 cm³/mol. The fourth-order valence-corrected chi connectivity index (χ4v) is 0.811. The van der Waals surface area contributed by atoms with Crippen LogP contribution < -0.4 is 0 Å². The van der Waals surface area contributed by atoms with Crippen molar-refractivity contribution < 1.29 is 13.9 Å². The molecule has 1 aromatic rings. The molecule has 0 radical (unpaired) electrons. The zero-order valence-corrected chi connectivity index (χ0v) is 7.29. The fraction of sp³-hybridized carbons (Fsp3) is 0.333. The van der Waals surface area contributed by atoms with Crippen molar-refractivity contribution in [1.29, 1.82) is 0 Å². The van der Waals surface area contributed by atoms with Gasteiger partial charge in [-0.15, -0.1) is 0 Å². The van der Waals surface area contributed by atoms with E-state index in [0.717, 1.165) is 0 Å². The molecule has 1 rings (SSSR count). The van der Waals surface area contributed by atoms with Gasteiger partial charge in [-0.05, 0) is 18.6 Å². The van der Waals surface area contributed by atoms with Gasteiger partial charge < -0.3 is 4.74 Å². The van der Waals surface area contributed by atoms with Crippen LogP contribution in [0.3, 0.4) is 0 Å². The minimum absolute atomic E-state index is 0.115. The number of rotatable bonds is 3. The van der Waals surface area contributed by atoms with Crippen LogP contribution in [-0.4, -0.2) is 17.6 Å². The van der Waals surface area contributed by atoms with E-state index in [1.165, 1.54) is 18.3 Å². The summed E-state index contributed by atoms with van der Waals surface area (Å²) in [5.74, 6) is -1.45. The SMILES string of the molecule is CCCOC(=O)c1cccnc1F. The third kappa shape index (κ3) is 2.50. The molecule has 0 amide bonds. The first-order valence-corrected chi connectivity index (χ1v) is 4.03. The molecule has 3 nitrogen and oxygen atoms in total. The Labute approximate surface area is 75.6 Å². The van der Waals surface area contributed by atoms with Crippen molar-refractivity contribution in [3.05, 3.63) is 29.8 Å². The maximum absolute atomic E-state index is 12.9. The summed E-state index contributed by atoms with van der Waals surface area (Å²) in [4.78, 5) is 14.5. The maximum atomic E-state index is 12.9. The summed E-state index contributed by atoms with van der Waals surface area (Å²) in [6.07, 6.45) is 2.00. The predicted octanol–water partition coefficient (Wildman–Crippen LogP) is 1.79. The molecule has 0 aliphatic rings. The molecule has 0 aliphatic carbocycles. The van der Waals surface area contributed by atoms with Crippen LogP contribution in [0.25, 0.3) is 0 Å². The first kappa shape index (κ1) is 9.64. The Morgan fingerprint density at radius 2 is 2.46 bits per heavy atom.